The van der Waals surface area contributed by atoms with E-state index in [2.05, 4.69) is 52.3 Å². The lowest BCUT2D eigenvalue weighted by atomic mass is 9.96. The normalized spacial score (nSPS) is 14.7. The zero-order chi connectivity index (χ0) is 33.6. The summed E-state index contributed by atoms with van der Waals surface area (Å²) in [4.78, 5) is 2.03. The molecule has 0 fully saturated rings. The molecule has 0 spiro atoms. The van der Waals surface area contributed by atoms with E-state index in [1.165, 1.54) is 0 Å². The van der Waals surface area contributed by atoms with Gasteiger partial charge in [-0.1, -0.05) is 107 Å². The summed E-state index contributed by atoms with van der Waals surface area (Å²) in [5.41, 5.74) is 5.16. The van der Waals surface area contributed by atoms with E-state index in [1.54, 1.807) is 12.1 Å². The minimum Gasteiger partial charge on any atom is -0.407 e. The molecule has 0 radical (unpaired) electrons. The summed E-state index contributed by atoms with van der Waals surface area (Å²) in [6.07, 6.45) is -0.633. The molecule has 8 heteroatoms. The number of nitriles is 1. The molecule has 4 aromatic rings. The molecule has 0 aliphatic heterocycles. The van der Waals surface area contributed by atoms with Crippen LogP contribution in [0.5, 0.6) is 0 Å². The van der Waals surface area contributed by atoms with Gasteiger partial charge in [-0.3, -0.25) is 0 Å². The van der Waals surface area contributed by atoms with Crippen molar-refractivity contribution in [3.05, 3.63) is 125 Å². The monoisotopic (exact) mass is 670 g/mol. The summed E-state index contributed by atoms with van der Waals surface area (Å²) in [7, 11) is -5.64. The minimum absolute atomic E-state index is 0.272. The van der Waals surface area contributed by atoms with E-state index in [-0.39, 0.29) is 16.6 Å². The van der Waals surface area contributed by atoms with Gasteiger partial charge in [0.05, 0.1) is 39.5 Å². The molecule has 1 N–H and O–H groups in total. The lowest BCUT2D eigenvalue weighted by Crippen LogP contribution is -2.50. The molecule has 2 unspecified atom stereocenters. The Labute approximate surface area is 281 Å². The number of aryl methyl sites for hydroxylation is 2. The topological polar surface area (TPSA) is 79.2 Å². The Morgan fingerprint density at radius 1 is 0.696 bits per heavy atom. The van der Waals surface area contributed by atoms with E-state index >= 15 is 0 Å². The molecule has 0 saturated heterocycles. The van der Waals surface area contributed by atoms with Crippen molar-refractivity contribution in [3.8, 4) is 6.07 Å². The molecule has 0 aliphatic carbocycles. The minimum atomic E-state index is -2.56. The zero-order valence-electron chi connectivity index (χ0n) is 28.1. The first-order valence-electron chi connectivity index (χ1n) is 15.9. The van der Waals surface area contributed by atoms with Crippen molar-refractivity contribution >= 4 is 30.1 Å². The van der Waals surface area contributed by atoms with Crippen LogP contribution in [-0.2, 0) is 26.2 Å². The van der Waals surface area contributed by atoms with Crippen LogP contribution in [0, 0.1) is 25.2 Å². The maximum atomic E-state index is 14.3. The molecular weight excluding hydrogens is 625 g/mol. The smallest absolute Gasteiger partial charge is 0.201 e. The lowest BCUT2D eigenvalue weighted by molar-refractivity contribution is 0.139. The molecule has 0 heterocycles. The van der Waals surface area contributed by atoms with Crippen LogP contribution in [0.15, 0.2) is 112 Å². The average molecular weight is 671 g/mol. The second-order valence-corrected chi connectivity index (χ2v) is 21.0. The van der Waals surface area contributed by atoms with E-state index in [0.717, 1.165) is 22.3 Å². The van der Waals surface area contributed by atoms with Gasteiger partial charge in [0.2, 0.25) is 8.32 Å². The molecular formula is C38H46N2O3S2Si. The summed E-state index contributed by atoms with van der Waals surface area (Å²) < 4.78 is 39.5. The second-order valence-electron chi connectivity index (χ2n) is 12.9. The van der Waals surface area contributed by atoms with Gasteiger partial charge in [-0.15, -0.1) is 0 Å². The van der Waals surface area contributed by atoms with Gasteiger partial charge in [0.1, 0.15) is 11.0 Å². The van der Waals surface area contributed by atoms with E-state index < -0.39 is 42.2 Å². The Balaban J connectivity index is 1.98. The molecule has 4 rings (SSSR count). The SMILES string of the molecule is Cc1ccc(S(=O)N[C@H](c2ccc(C#N)cc2)[C@@H](O[Si](C(C)C)(C(C)C)C(C)C)c2ccccc2S(=O)c2ccc(C)cc2)cc1. The Morgan fingerprint density at radius 2 is 1.20 bits per heavy atom. The summed E-state index contributed by atoms with van der Waals surface area (Å²) in [5, 5.41) is 9.56. The van der Waals surface area contributed by atoms with E-state index in [4.69, 9.17) is 4.43 Å². The highest BCUT2D eigenvalue weighted by Crippen LogP contribution is 2.48. The highest BCUT2D eigenvalue weighted by molar-refractivity contribution is 7.85. The average Bonchev–Trinajstić information content (AvgIpc) is 3.04. The predicted molar refractivity (Wildman–Crippen MR) is 192 cm³/mol. The van der Waals surface area contributed by atoms with Gasteiger partial charge < -0.3 is 4.43 Å². The van der Waals surface area contributed by atoms with E-state index in [0.29, 0.717) is 20.2 Å². The number of nitrogens with one attached hydrogen (secondary N) is 1. The van der Waals surface area contributed by atoms with Crippen molar-refractivity contribution in [1.29, 1.82) is 5.26 Å². The van der Waals surface area contributed by atoms with Crippen molar-refractivity contribution in [2.45, 2.75) is 98.8 Å². The molecule has 0 aromatic heterocycles. The second kappa shape index (κ2) is 15.6. The standard InChI is InChI=1S/C38H46N2O3S2Si/c1-26(2)46(27(3)4,28(5)6)43-38(35-11-9-10-12-36(35)44(41)33-21-13-29(7)14-22-33)37(32-19-17-31(25-39)18-20-32)40-45(42)34-23-15-30(8)16-24-34/h9-24,26-28,37-38,40H,1-8H3/t37-,38+,44?,45?/m1/s1. The third-order valence-electron chi connectivity index (χ3n) is 8.87. The van der Waals surface area contributed by atoms with Gasteiger partial charge >= 0.3 is 0 Å². The molecule has 46 heavy (non-hydrogen) atoms. The van der Waals surface area contributed by atoms with Crippen LogP contribution >= 0.6 is 0 Å². The molecule has 0 aliphatic rings. The van der Waals surface area contributed by atoms with E-state index in [9.17, 15) is 13.7 Å². The number of rotatable bonds is 13. The number of hydrogen-bond donors (Lipinski definition) is 1. The third kappa shape index (κ3) is 7.84. The first-order valence-corrected chi connectivity index (χ1v) is 20.3. The van der Waals surface area contributed by atoms with Crippen LogP contribution in [0.4, 0.5) is 0 Å². The Hall–Kier alpha value is -3.19. The zero-order valence-corrected chi connectivity index (χ0v) is 30.7. The Kier molecular flexibility index (Phi) is 12.1. The van der Waals surface area contributed by atoms with Gasteiger partial charge in [-0.2, -0.15) is 5.26 Å². The summed E-state index contributed by atoms with van der Waals surface area (Å²) >= 11 is 0. The van der Waals surface area contributed by atoms with Gasteiger partial charge in [-0.05, 0) is 84.1 Å². The van der Waals surface area contributed by atoms with Crippen LogP contribution < -0.4 is 4.72 Å². The fourth-order valence-corrected chi connectivity index (χ4v) is 14.3. The van der Waals surface area contributed by atoms with Gasteiger partial charge in [0.25, 0.3) is 0 Å². The molecule has 0 bridgehead atoms. The highest BCUT2D eigenvalue weighted by Gasteiger charge is 2.48. The quantitative estimate of drug-likeness (QED) is 0.144. The van der Waals surface area contributed by atoms with Gasteiger partial charge in [-0.25, -0.2) is 13.1 Å². The van der Waals surface area contributed by atoms with Crippen molar-refractivity contribution in [3.63, 3.8) is 0 Å². The predicted octanol–water partition coefficient (Wildman–Crippen LogP) is 9.63. The Bertz CT molecular complexity index is 1670. The summed E-state index contributed by atoms with van der Waals surface area (Å²) in [6.45, 7) is 17.5. The van der Waals surface area contributed by atoms with Crippen molar-refractivity contribution in [1.82, 2.24) is 4.72 Å². The first-order chi connectivity index (χ1) is 21.9. The fourth-order valence-electron chi connectivity index (χ4n) is 6.53. The van der Waals surface area contributed by atoms with Gasteiger partial charge in [0.15, 0.2) is 0 Å². The van der Waals surface area contributed by atoms with Gasteiger partial charge in [0, 0.05) is 9.79 Å². The molecule has 4 atom stereocenters. The molecule has 0 saturated carbocycles. The third-order valence-corrected chi connectivity index (χ3v) is 17.6. The van der Waals surface area contributed by atoms with Crippen LogP contribution in [0.3, 0.4) is 0 Å². The summed E-state index contributed by atoms with van der Waals surface area (Å²) in [5.74, 6) is 0. The highest BCUT2D eigenvalue weighted by atomic mass is 32.2. The van der Waals surface area contributed by atoms with Crippen molar-refractivity contribution in [2.24, 2.45) is 0 Å². The largest absolute Gasteiger partial charge is 0.407 e. The van der Waals surface area contributed by atoms with Crippen molar-refractivity contribution < 1.29 is 12.8 Å². The fraction of sp³-hybridized carbons (Fsp3) is 0.342. The number of benzene rings is 4. The first kappa shape index (κ1) is 35.7. The van der Waals surface area contributed by atoms with E-state index in [1.807, 2.05) is 98.8 Å². The van der Waals surface area contributed by atoms with Crippen LogP contribution in [0.25, 0.3) is 0 Å². The molecule has 0 amide bonds. The summed E-state index contributed by atoms with van der Waals surface area (Å²) in [6, 6.07) is 32.2. The number of hydrogen-bond acceptors (Lipinski definition) is 4. The lowest BCUT2D eigenvalue weighted by Gasteiger charge is -2.46. The van der Waals surface area contributed by atoms with Crippen LogP contribution in [-0.4, -0.2) is 16.7 Å². The maximum absolute atomic E-state index is 14.3. The van der Waals surface area contributed by atoms with Crippen molar-refractivity contribution in [2.75, 3.05) is 0 Å². The maximum Gasteiger partial charge on any atom is 0.201 e. The molecule has 242 valence electrons. The number of nitrogens with zero attached hydrogens (tertiary/aromatic N) is 1. The Morgan fingerprint density at radius 3 is 1.70 bits per heavy atom. The molecule has 4 aromatic carbocycles. The molecule has 5 nitrogen and oxygen atoms in total. The van der Waals surface area contributed by atoms with Crippen LogP contribution in [0.1, 0.15) is 81.5 Å². The van der Waals surface area contributed by atoms with Crippen LogP contribution in [0.2, 0.25) is 16.6 Å².